The molecule has 1 aromatic rings. The largest absolute Gasteiger partial charge is 0.402 e. The van der Waals surface area contributed by atoms with Gasteiger partial charge in [-0.1, -0.05) is 0 Å². The number of nitrogens with two attached hydrogens (primary N) is 1. The minimum Gasteiger partial charge on any atom is -0.398 e. The van der Waals surface area contributed by atoms with Crippen molar-refractivity contribution in [1.82, 2.24) is 4.31 Å². The number of rotatable bonds is 5. The Kier molecular flexibility index (Phi) is 5.24. The molecule has 9 heteroatoms. The van der Waals surface area contributed by atoms with Crippen molar-refractivity contribution >= 4 is 15.7 Å². The lowest BCUT2D eigenvalue weighted by Gasteiger charge is -2.24. The van der Waals surface area contributed by atoms with Crippen LogP contribution in [0, 0.1) is 13.8 Å². The molecule has 0 heterocycles. The highest BCUT2D eigenvalue weighted by Gasteiger charge is 2.37. The summed E-state index contributed by atoms with van der Waals surface area (Å²) in [5, 5.41) is 8.82. The van der Waals surface area contributed by atoms with Crippen LogP contribution in [0.15, 0.2) is 17.0 Å². The molecular weight excluding hydrogens is 309 g/mol. The van der Waals surface area contributed by atoms with Crippen molar-refractivity contribution in [1.29, 1.82) is 0 Å². The van der Waals surface area contributed by atoms with E-state index in [1.807, 2.05) is 0 Å². The minimum absolute atomic E-state index is 0.185. The number of nitrogens with zero attached hydrogens (tertiary/aromatic N) is 1. The third-order valence-electron chi connectivity index (χ3n) is 2.87. The number of halogens is 3. The fraction of sp³-hybridized carbons (Fsp3) is 0.500. The zero-order valence-electron chi connectivity index (χ0n) is 11.6. The molecule has 0 aliphatic rings. The van der Waals surface area contributed by atoms with E-state index >= 15 is 0 Å². The van der Waals surface area contributed by atoms with E-state index in [-0.39, 0.29) is 20.5 Å². The second-order valence-corrected chi connectivity index (χ2v) is 6.56. The van der Waals surface area contributed by atoms with Gasteiger partial charge in [-0.25, -0.2) is 8.42 Å². The van der Waals surface area contributed by atoms with Crippen LogP contribution in [0.3, 0.4) is 0 Å². The zero-order valence-corrected chi connectivity index (χ0v) is 12.4. The Morgan fingerprint density at radius 3 is 2.33 bits per heavy atom. The maximum absolute atomic E-state index is 12.5. The van der Waals surface area contributed by atoms with Crippen LogP contribution in [0.4, 0.5) is 18.9 Å². The Morgan fingerprint density at radius 2 is 1.86 bits per heavy atom. The number of benzene rings is 1. The Morgan fingerprint density at radius 1 is 1.29 bits per heavy atom. The highest BCUT2D eigenvalue weighted by atomic mass is 32.2. The van der Waals surface area contributed by atoms with E-state index in [0.29, 0.717) is 5.56 Å². The SMILES string of the molecule is Cc1cc(N)c(C)c(S(=O)(=O)N(CCO)CC(F)(F)F)c1. The predicted octanol–water partition coefficient (Wildman–Crippen LogP) is 1.43. The summed E-state index contributed by atoms with van der Waals surface area (Å²) in [6.45, 7) is -0.00467. The van der Waals surface area contributed by atoms with Gasteiger partial charge in [-0.2, -0.15) is 17.5 Å². The van der Waals surface area contributed by atoms with Gasteiger partial charge < -0.3 is 10.8 Å². The molecule has 0 aliphatic carbocycles. The first-order chi connectivity index (χ1) is 9.49. The van der Waals surface area contributed by atoms with Crippen LogP contribution in [-0.2, 0) is 10.0 Å². The predicted molar refractivity (Wildman–Crippen MR) is 72.2 cm³/mol. The van der Waals surface area contributed by atoms with Gasteiger partial charge in [-0.3, -0.25) is 0 Å². The molecule has 0 unspecified atom stereocenters. The molecule has 0 radical (unpaired) electrons. The van der Waals surface area contributed by atoms with Crippen molar-refractivity contribution in [2.75, 3.05) is 25.4 Å². The van der Waals surface area contributed by atoms with Crippen LogP contribution >= 0.6 is 0 Å². The first-order valence-electron chi connectivity index (χ1n) is 6.03. The lowest BCUT2D eigenvalue weighted by molar-refractivity contribution is -0.136. The van der Waals surface area contributed by atoms with Gasteiger partial charge in [0.15, 0.2) is 0 Å². The molecule has 0 spiro atoms. The zero-order chi connectivity index (χ0) is 16.4. The number of alkyl halides is 3. The van der Waals surface area contributed by atoms with Crippen molar-refractivity contribution in [3.8, 4) is 0 Å². The van der Waals surface area contributed by atoms with Crippen molar-refractivity contribution in [2.24, 2.45) is 0 Å². The third-order valence-corrected chi connectivity index (χ3v) is 4.84. The first-order valence-corrected chi connectivity index (χ1v) is 7.47. The van der Waals surface area contributed by atoms with Gasteiger partial charge in [0, 0.05) is 12.2 Å². The molecule has 21 heavy (non-hydrogen) atoms. The molecule has 1 aromatic carbocycles. The first kappa shape index (κ1) is 17.7. The quantitative estimate of drug-likeness (QED) is 0.802. The lowest BCUT2D eigenvalue weighted by Crippen LogP contribution is -2.40. The highest BCUT2D eigenvalue weighted by Crippen LogP contribution is 2.28. The van der Waals surface area contributed by atoms with E-state index < -0.39 is 35.9 Å². The fourth-order valence-corrected chi connectivity index (χ4v) is 3.61. The molecule has 1 rings (SSSR count). The molecule has 0 bridgehead atoms. The van der Waals surface area contributed by atoms with Gasteiger partial charge in [-0.15, -0.1) is 0 Å². The van der Waals surface area contributed by atoms with Crippen LogP contribution < -0.4 is 5.73 Å². The monoisotopic (exact) mass is 326 g/mol. The van der Waals surface area contributed by atoms with Gasteiger partial charge >= 0.3 is 6.18 Å². The summed E-state index contributed by atoms with van der Waals surface area (Å²) < 4.78 is 62.5. The summed E-state index contributed by atoms with van der Waals surface area (Å²) in [6.07, 6.45) is -4.70. The van der Waals surface area contributed by atoms with Crippen LogP contribution in [0.25, 0.3) is 0 Å². The Labute approximate surface area is 121 Å². The molecular formula is C12H17F3N2O3S. The molecule has 0 amide bonds. The molecule has 3 N–H and O–H groups in total. The van der Waals surface area contributed by atoms with Crippen molar-refractivity contribution < 1.29 is 26.7 Å². The third kappa shape index (κ3) is 4.32. The van der Waals surface area contributed by atoms with Crippen molar-refractivity contribution in [2.45, 2.75) is 24.9 Å². The van der Waals surface area contributed by atoms with E-state index in [1.165, 1.54) is 19.1 Å². The number of hydrogen-bond donors (Lipinski definition) is 2. The maximum Gasteiger partial charge on any atom is 0.402 e. The van der Waals surface area contributed by atoms with Crippen molar-refractivity contribution in [3.05, 3.63) is 23.3 Å². The summed E-state index contributed by atoms with van der Waals surface area (Å²) in [6, 6.07) is 2.80. The second-order valence-electron chi connectivity index (χ2n) is 4.65. The molecule has 0 aromatic heterocycles. The highest BCUT2D eigenvalue weighted by molar-refractivity contribution is 7.89. The normalized spacial score (nSPS) is 12.9. The molecule has 0 saturated heterocycles. The topological polar surface area (TPSA) is 83.6 Å². The van der Waals surface area contributed by atoms with E-state index in [2.05, 4.69) is 0 Å². The minimum atomic E-state index is -4.70. The Bertz CT molecular complexity index is 615. The average Bonchev–Trinajstić information content (AvgIpc) is 2.31. The van der Waals surface area contributed by atoms with Crippen LogP contribution in [0.2, 0.25) is 0 Å². The number of sulfonamides is 1. The van der Waals surface area contributed by atoms with Gasteiger partial charge in [-0.05, 0) is 37.1 Å². The van der Waals surface area contributed by atoms with E-state index in [0.717, 1.165) is 0 Å². The molecule has 5 nitrogen and oxygen atoms in total. The lowest BCUT2D eigenvalue weighted by atomic mass is 10.1. The molecule has 0 atom stereocenters. The Balaban J connectivity index is 3.36. The maximum atomic E-state index is 12.5. The second kappa shape index (κ2) is 6.20. The number of anilines is 1. The number of aryl methyl sites for hydroxylation is 1. The van der Waals surface area contributed by atoms with E-state index in [1.54, 1.807) is 6.92 Å². The smallest absolute Gasteiger partial charge is 0.398 e. The Hall–Kier alpha value is -1.32. The standard InChI is InChI=1S/C12H17F3N2O3S/c1-8-5-10(16)9(2)11(6-8)21(19,20)17(3-4-18)7-12(13,14)15/h5-6,18H,3-4,7,16H2,1-2H3. The molecule has 0 aliphatic heterocycles. The van der Waals surface area contributed by atoms with Gasteiger partial charge in [0.1, 0.15) is 6.54 Å². The van der Waals surface area contributed by atoms with E-state index in [9.17, 15) is 21.6 Å². The summed E-state index contributed by atoms with van der Waals surface area (Å²) in [5.74, 6) is 0. The summed E-state index contributed by atoms with van der Waals surface area (Å²) in [5.41, 5.74) is 6.56. The van der Waals surface area contributed by atoms with Gasteiger partial charge in [0.25, 0.3) is 0 Å². The number of hydrogen-bond acceptors (Lipinski definition) is 4. The van der Waals surface area contributed by atoms with Crippen LogP contribution in [0.1, 0.15) is 11.1 Å². The summed E-state index contributed by atoms with van der Waals surface area (Å²) in [7, 11) is -4.40. The summed E-state index contributed by atoms with van der Waals surface area (Å²) in [4.78, 5) is -0.280. The average molecular weight is 326 g/mol. The van der Waals surface area contributed by atoms with Crippen LogP contribution in [0.5, 0.6) is 0 Å². The molecule has 0 fully saturated rings. The summed E-state index contributed by atoms with van der Waals surface area (Å²) >= 11 is 0. The number of nitrogen functional groups attached to an aromatic ring is 1. The molecule has 0 saturated carbocycles. The number of aliphatic hydroxyl groups excluding tert-OH is 1. The van der Waals surface area contributed by atoms with E-state index in [4.69, 9.17) is 10.8 Å². The fourth-order valence-electron chi connectivity index (χ4n) is 1.86. The van der Waals surface area contributed by atoms with Crippen molar-refractivity contribution in [3.63, 3.8) is 0 Å². The van der Waals surface area contributed by atoms with Crippen LogP contribution in [-0.4, -0.2) is 43.7 Å². The number of aliphatic hydroxyl groups is 1. The van der Waals surface area contributed by atoms with Gasteiger partial charge in [0.05, 0.1) is 11.5 Å². The van der Waals surface area contributed by atoms with Gasteiger partial charge in [0.2, 0.25) is 10.0 Å². The molecule has 120 valence electrons.